The van der Waals surface area contributed by atoms with Crippen molar-refractivity contribution in [3.63, 3.8) is 0 Å². The molecule has 8 heteroatoms. The largest absolute Gasteiger partial charge is 0.390 e. The van der Waals surface area contributed by atoms with Crippen LogP contribution in [-0.4, -0.2) is 66.8 Å². The Morgan fingerprint density at radius 3 is 2.49 bits per heavy atom. The number of nitrogens with zero attached hydrogens (tertiary/aromatic N) is 3. The van der Waals surface area contributed by atoms with Crippen molar-refractivity contribution in [2.24, 2.45) is 50.6 Å². The summed E-state index contributed by atoms with van der Waals surface area (Å²) < 4.78 is 4.96. The Balaban J connectivity index is 1.42. The maximum Gasteiger partial charge on any atom is 0.267 e. The van der Waals surface area contributed by atoms with Gasteiger partial charge in [0.15, 0.2) is 5.78 Å². The number of amides is 1. The Morgan fingerprint density at radius 1 is 1.05 bits per heavy atom. The smallest absolute Gasteiger partial charge is 0.267 e. The van der Waals surface area contributed by atoms with Crippen molar-refractivity contribution in [1.82, 2.24) is 10.4 Å². The fraction of sp³-hybridized carbons (Fsp3) is 0.862. The summed E-state index contributed by atoms with van der Waals surface area (Å²) in [6.45, 7) is 12.9. The van der Waals surface area contributed by atoms with E-state index in [-0.39, 0.29) is 35.3 Å². The van der Waals surface area contributed by atoms with Gasteiger partial charge in [-0.05, 0) is 106 Å². The molecule has 4 fully saturated rings. The van der Waals surface area contributed by atoms with Gasteiger partial charge in [-0.1, -0.05) is 13.8 Å². The van der Waals surface area contributed by atoms with Crippen LogP contribution < -0.4 is 5.32 Å². The standard InChI is InChI=1S/C29H48N4O4/c1-19(26(35)31-15-16-37-6)32-33(30-5)18-25(34)24-10-9-22-21-8-7-20-17-27(2,36)13-14-28(20,3)23(21)11-12-29(22,24)4/h20-24,36H,5,7-18H2,1-4,6H3,(H,31,35)/b32-19+/t20-,21+,22+,23+,24-,27-,28+,29+/m1/s1. The molecule has 0 aromatic heterocycles. The lowest BCUT2D eigenvalue weighted by Gasteiger charge is -2.61. The molecule has 2 N–H and O–H groups in total. The SMILES string of the molecule is C=NN(CC(=O)[C@H]1CC[C@H]2[C@@H]3CC[C@@H]4C[C@](C)(O)CC[C@]4(C)[C@H]3CC[C@]12C)/N=C(\C)C(=O)NCCOC. The number of nitrogens with one attached hydrogen (secondary N) is 1. The Labute approximate surface area is 222 Å². The molecule has 8 nitrogen and oxygen atoms in total. The van der Waals surface area contributed by atoms with Crippen molar-refractivity contribution in [3.05, 3.63) is 0 Å². The van der Waals surface area contributed by atoms with Gasteiger partial charge in [0.05, 0.1) is 12.2 Å². The van der Waals surface area contributed by atoms with Gasteiger partial charge in [0.1, 0.15) is 12.3 Å². The van der Waals surface area contributed by atoms with E-state index >= 15 is 0 Å². The monoisotopic (exact) mass is 516 g/mol. The Kier molecular flexibility index (Phi) is 8.20. The molecule has 4 aliphatic carbocycles. The summed E-state index contributed by atoms with van der Waals surface area (Å²) in [4.78, 5) is 25.9. The Morgan fingerprint density at radius 2 is 1.78 bits per heavy atom. The zero-order chi connectivity index (χ0) is 27.0. The molecule has 0 spiro atoms. The van der Waals surface area contributed by atoms with Crippen LogP contribution in [0.1, 0.15) is 85.5 Å². The molecule has 0 unspecified atom stereocenters. The van der Waals surface area contributed by atoms with Gasteiger partial charge in [-0.15, -0.1) is 0 Å². The summed E-state index contributed by atoms with van der Waals surface area (Å²) in [7, 11) is 1.58. The average Bonchev–Trinajstić information content (AvgIpc) is 3.21. The second kappa shape index (κ2) is 10.8. The first-order valence-electron chi connectivity index (χ1n) is 14.3. The van der Waals surface area contributed by atoms with Crippen molar-refractivity contribution in [2.75, 3.05) is 26.8 Å². The quantitative estimate of drug-likeness (QED) is 0.274. The highest BCUT2D eigenvalue weighted by Crippen LogP contribution is 2.68. The number of aliphatic hydroxyl groups is 1. The van der Waals surface area contributed by atoms with E-state index in [1.54, 1.807) is 14.0 Å². The highest BCUT2D eigenvalue weighted by molar-refractivity contribution is 6.37. The summed E-state index contributed by atoms with van der Waals surface area (Å²) in [5.74, 6) is 2.39. The lowest BCUT2D eigenvalue weighted by Crippen LogP contribution is -2.55. The molecular weight excluding hydrogens is 468 g/mol. The second-order valence-electron chi connectivity index (χ2n) is 13.1. The molecule has 208 valence electrons. The molecule has 0 saturated heterocycles. The third kappa shape index (κ3) is 5.38. The van der Waals surface area contributed by atoms with Crippen molar-refractivity contribution in [2.45, 2.75) is 91.1 Å². The van der Waals surface area contributed by atoms with Crippen molar-refractivity contribution in [1.29, 1.82) is 0 Å². The van der Waals surface area contributed by atoms with Crippen LogP contribution in [0.4, 0.5) is 0 Å². The molecule has 4 rings (SSSR count). The molecule has 37 heavy (non-hydrogen) atoms. The van der Waals surface area contributed by atoms with Crippen LogP contribution in [0.5, 0.6) is 0 Å². The first-order chi connectivity index (χ1) is 17.4. The van der Waals surface area contributed by atoms with Crippen LogP contribution in [0.25, 0.3) is 0 Å². The van der Waals surface area contributed by atoms with Crippen LogP contribution in [0, 0.1) is 40.4 Å². The van der Waals surface area contributed by atoms with Crippen molar-refractivity contribution < 1.29 is 19.4 Å². The van der Waals surface area contributed by atoms with E-state index in [4.69, 9.17) is 4.74 Å². The van der Waals surface area contributed by atoms with Gasteiger partial charge in [-0.25, -0.2) is 0 Å². The molecule has 0 aromatic rings. The molecule has 0 bridgehead atoms. The van der Waals surface area contributed by atoms with Gasteiger partial charge in [-0.2, -0.15) is 15.3 Å². The van der Waals surface area contributed by atoms with Crippen LogP contribution >= 0.6 is 0 Å². The topological polar surface area (TPSA) is 104 Å². The van der Waals surface area contributed by atoms with E-state index in [0.717, 1.165) is 38.5 Å². The zero-order valence-electron chi connectivity index (χ0n) is 23.6. The number of rotatable bonds is 9. The molecule has 0 heterocycles. The fourth-order valence-corrected chi connectivity index (χ4v) is 8.94. The highest BCUT2D eigenvalue weighted by atomic mass is 16.5. The van der Waals surface area contributed by atoms with Gasteiger partial charge >= 0.3 is 0 Å². The lowest BCUT2D eigenvalue weighted by molar-refractivity contribution is -0.151. The van der Waals surface area contributed by atoms with Gasteiger partial charge in [0, 0.05) is 26.3 Å². The molecule has 8 atom stereocenters. The summed E-state index contributed by atoms with van der Waals surface area (Å²) in [6.07, 6.45) is 9.68. The lowest BCUT2D eigenvalue weighted by atomic mass is 9.44. The van der Waals surface area contributed by atoms with E-state index < -0.39 is 5.60 Å². The van der Waals surface area contributed by atoms with E-state index in [1.165, 1.54) is 24.4 Å². The van der Waals surface area contributed by atoms with Crippen LogP contribution in [0.2, 0.25) is 0 Å². The second-order valence-corrected chi connectivity index (χ2v) is 13.1. The summed E-state index contributed by atoms with van der Waals surface area (Å²) in [6, 6.07) is 0. The number of ether oxygens (including phenoxy) is 1. The molecule has 4 saturated carbocycles. The summed E-state index contributed by atoms with van der Waals surface area (Å²) in [5, 5.41) is 23.0. The van der Waals surface area contributed by atoms with Crippen LogP contribution in [0.15, 0.2) is 10.2 Å². The normalized spacial score (nSPS) is 41.2. The molecular formula is C29H48N4O4. The third-order valence-electron chi connectivity index (χ3n) is 11.0. The molecule has 0 radical (unpaired) electrons. The number of hydrazone groups is 2. The number of carbonyl (C=O) groups excluding carboxylic acids is 2. The minimum absolute atomic E-state index is 0.00470. The first kappa shape index (κ1) is 28.2. The number of fused-ring (bicyclic) bond motifs is 5. The number of hydrogen-bond acceptors (Lipinski definition) is 7. The highest BCUT2D eigenvalue weighted by Gasteiger charge is 2.61. The average molecular weight is 517 g/mol. The van der Waals surface area contributed by atoms with Crippen molar-refractivity contribution in [3.8, 4) is 0 Å². The maximum atomic E-state index is 13.6. The Hall–Kier alpha value is -1.80. The van der Waals surface area contributed by atoms with Gasteiger partial charge < -0.3 is 15.2 Å². The summed E-state index contributed by atoms with van der Waals surface area (Å²) >= 11 is 0. The Bertz CT molecular complexity index is 920. The van der Waals surface area contributed by atoms with Crippen LogP contribution in [0.3, 0.4) is 0 Å². The van der Waals surface area contributed by atoms with E-state index in [0.29, 0.717) is 42.2 Å². The van der Waals surface area contributed by atoms with Gasteiger partial charge in [-0.3, -0.25) is 9.59 Å². The van der Waals surface area contributed by atoms with Crippen LogP contribution in [-0.2, 0) is 14.3 Å². The number of ketones is 1. The first-order valence-corrected chi connectivity index (χ1v) is 14.3. The minimum atomic E-state index is -0.512. The molecule has 4 aliphatic rings. The molecule has 0 aliphatic heterocycles. The van der Waals surface area contributed by atoms with Gasteiger partial charge in [0.25, 0.3) is 5.91 Å². The maximum absolute atomic E-state index is 13.6. The fourth-order valence-electron chi connectivity index (χ4n) is 8.94. The predicted molar refractivity (Wildman–Crippen MR) is 145 cm³/mol. The number of Topliss-reactive ketones (excluding diaryl/α,β-unsaturated/α-hetero) is 1. The molecule has 1 amide bonds. The molecule has 0 aromatic carbocycles. The number of carbonyl (C=O) groups is 2. The van der Waals surface area contributed by atoms with Crippen molar-refractivity contribution >= 4 is 24.1 Å². The third-order valence-corrected chi connectivity index (χ3v) is 11.0. The van der Waals surface area contributed by atoms with E-state index in [2.05, 4.69) is 36.1 Å². The van der Waals surface area contributed by atoms with E-state index in [9.17, 15) is 14.7 Å². The summed E-state index contributed by atoms with van der Waals surface area (Å²) in [5.41, 5.74) is 0.0457. The number of hydrogen-bond donors (Lipinski definition) is 2. The predicted octanol–water partition coefficient (Wildman–Crippen LogP) is 4.02. The van der Waals surface area contributed by atoms with E-state index in [1.807, 2.05) is 6.92 Å². The minimum Gasteiger partial charge on any atom is -0.390 e. The van der Waals surface area contributed by atoms with Gasteiger partial charge in [0.2, 0.25) is 0 Å². The number of methoxy groups -OCH3 is 1. The zero-order valence-corrected chi connectivity index (χ0v) is 23.6.